The Labute approximate surface area is 221 Å². The number of aromatic nitrogens is 3. The molecular weight excluding hydrogens is 512 g/mol. The molecule has 0 atom stereocenters. The van der Waals surface area contributed by atoms with Crippen molar-refractivity contribution in [2.24, 2.45) is 5.16 Å². The normalized spacial score (nSPS) is 15.6. The first-order valence-electron chi connectivity index (χ1n) is 12.7. The maximum atomic E-state index is 13.5. The molecule has 12 nitrogen and oxygen atoms in total. The molecule has 3 heterocycles. The summed E-state index contributed by atoms with van der Waals surface area (Å²) in [6, 6.07) is 4.56. The summed E-state index contributed by atoms with van der Waals surface area (Å²) >= 11 is 0. The molecule has 0 saturated carbocycles. The van der Waals surface area contributed by atoms with Crippen molar-refractivity contribution < 1.29 is 23.5 Å². The molecule has 0 aliphatic carbocycles. The summed E-state index contributed by atoms with van der Waals surface area (Å²) < 4.78 is 35.8. The molecule has 1 saturated heterocycles. The van der Waals surface area contributed by atoms with Crippen molar-refractivity contribution in [3.05, 3.63) is 45.4 Å². The summed E-state index contributed by atoms with van der Waals surface area (Å²) in [6.07, 6.45) is 2.65. The Balaban J connectivity index is 1.83. The molecule has 13 heteroatoms. The Hall–Kier alpha value is -3.26. The van der Waals surface area contributed by atoms with Crippen LogP contribution in [0.1, 0.15) is 37.1 Å². The Bertz CT molecular complexity index is 1490. The third-order valence-corrected chi connectivity index (χ3v) is 8.64. The zero-order valence-corrected chi connectivity index (χ0v) is 22.7. The first-order valence-corrected chi connectivity index (χ1v) is 14.1. The topological polar surface area (TPSA) is 153 Å². The van der Waals surface area contributed by atoms with Crippen molar-refractivity contribution in [1.29, 1.82) is 0 Å². The standard InChI is InChI=1S/C25H34N6O6S/c1-4-6-21-20(16-26-34)17(3)23-25(33)27-24(28-31(21)23)19-15-18(7-8-22(19)37-5-2)38(35,36)30-11-9-29(10-12-30)13-14-32/h7-8,15-16,32,34H,4-6,9-14H2,1-3H3,(H,27,28,33)/b26-16+. The number of aromatic amines is 1. The van der Waals surface area contributed by atoms with Gasteiger partial charge in [0.2, 0.25) is 10.0 Å². The van der Waals surface area contributed by atoms with Gasteiger partial charge in [-0.25, -0.2) is 12.9 Å². The minimum atomic E-state index is -3.83. The van der Waals surface area contributed by atoms with Gasteiger partial charge in [-0.05, 0) is 44.0 Å². The fourth-order valence-electron chi connectivity index (χ4n) is 4.87. The molecule has 1 aliphatic heterocycles. The lowest BCUT2D eigenvalue weighted by Gasteiger charge is -2.33. The molecule has 2 aromatic heterocycles. The molecule has 0 radical (unpaired) electrons. The van der Waals surface area contributed by atoms with E-state index in [0.717, 1.165) is 6.42 Å². The van der Waals surface area contributed by atoms with E-state index in [1.54, 1.807) is 17.5 Å². The summed E-state index contributed by atoms with van der Waals surface area (Å²) in [7, 11) is -3.83. The lowest BCUT2D eigenvalue weighted by molar-refractivity contribution is 0.151. The Morgan fingerprint density at radius 2 is 1.95 bits per heavy atom. The van der Waals surface area contributed by atoms with E-state index in [-0.39, 0.29) is 17.3 Å². The number of oxime groups is 1. The van der Waals surface area contributed by atoms with Crippen LogP contribution in [0.2, 0.25) is 0 Å². The number of aryl methyl sites for hydroxylation is 2. The highest BCUT2D eigenvalue weighted by atomic mass is 32.2. The molecule has 206 valence electrons. The lowest BCUT2D eigenvalue weighted by atomic mass is 10.1. The Morgan fingerprint density at radius 3 is 2.58 bits per heavy atom. The maximum absolute atomic E-state index is 13.5. The van der Waals surface area contributed by atoms with Gasteiger partial charge in [-0.3, -0.25) is 9.69 Å². The molecule has 1 aromatic carbocycles. The van der Waals surface area contributed by atoms with Crippen LogP contribution in [-0.4, -0.2) is 94.7 Å². The number of β-amino-alcohol motifs (C(OH)–C–C–N with tert-alkyl or cyclic N) is 1. The summed E-state index contributed by atoms with van der Waals surface area (Å²) in [5.41, 5.74) is 2.23. The molecule has 0 spiro atoms. The number of hydrogen-bond donors (Lipinski definition) is 3. The number of ether oxygens (including phenoxy) is 1. The van der Waals surface area contributed by atoms with Crippen LogP contribution < -0.4 is 10.3 Å². The van der Waals surface area contributed by atoms with E-state index < -0.39 is 15.6 Å². The van der Waals surface area contributed by atoms with E-state index in [2.05, 4.69) is 10.1 Å². The minimum Gasteiger partial charge on any atom is -0.493 e. The Morgan fingerprint density at radius 1 is 1.21 bits per heavy atom. The first-order chi connectivity index (χ1) is 18.3. The van der Waals surface area contributed by atoms with Crippen LogP contribution in [0.4, 0.5) is 0 Å². The molecule has 1 fully saturated rings. The largest absolute Gasteiger partial charge is 0.493 e. The van der Waals surface area contributed by atoms with Crippen molar-refractivity contribution in [3.8, 4) is 17.1 Å². The number of benzene rings is 1. The second kappa shape index (κ2) is 11.6. The number of rotatable bonds is 10. The average molecular weight is 547 g/mol. The van der Waals surface area contributed by atoms with Gasteiger partial charge in [-0.2, -0.15) is 4.31 Å². The quantitative estimate of drug-likeness (QED) is 0.196. The van der Waals surface area contributed by atoms with E-state index >= 15 is 0 Å². The average Bonchev–Trinajstić information content (AvgIpc) is 3.16. The predicted molar refractivity (Wildman–Crippen MR) is 143 cm³/mol. The van der Waals surface area contributed by atoms with E-state index in [1.165, 1.54) is 22.7 Å². The number of nitrogens with one attached hydrogen (secondary N) is 1. The highest BCUT2D eigenvalue weighted by Gasteiger charge is 2.29. The molecule has 4 rings (SSSR count). The van der Waals surface area contributed by atoms with Crippen LogP contribution >= 0.6 is 0 Å². The second-order valence-corrected chi connectivity index (χ2v) is 11.0. The number of hydrogen-bond acceptors (Lipinski definition) is 9. The first kappa shape index (κ1) is 27.8. The number of aliphatic hydroxyl groups excluding tert-OH is 1. The van der Waals surface area contributed by atoms with Gasteiger partial charge in [-0.1, -0.05) is 18.5 Å². The van der Waals surface area contributed by atoms with E-state index in [4.69, 9.17) is 9.84 Å². The predicted octanol–water partition coefficient (Wildman–Crippen LogP) is 1.46. The fraction of sp³-hybridized carbons (Fsp3) is 0.480. The lowest BCUT2D eigenvalue weighted by Crippen LogP contribution is -2.49. The van der Waals surface area contributed by atoms with Gasteiger partial charge in [0, 0.05) is 38.3 Å². The zero-order chi connectivity index (χ0) is 27.4. The van der Waals surface area contributed by atoms with Crippen molar-refractivity contribution in [3.63, 3.8) is 0 Å². The number of piperazine rings is 1. The number of aliphatic hydroxyl groups is 1. The summed E-state index contributed by atoms with van der Waals surface area (Å²) in [5, 5.41) is 26.2. The molecule has 0 unspecified atom stereocenters. The molecule has 0 amide bonds. The highest BCUT2D eigenvalue weighted by Crippen LogP contribution is 2.32. The molecule has 3 aromatic rings. The third-order valence-electron chi connectivity index (χ3n) is 6.75. The van der Waals surface area contributed by atoms with Crippen LogP contribution in [-0.2, 0) is 16.4 Å². The van der Waals surface area contributed by atoms with Gasteiger partial charge >= 0.3 is 0 Å². The summed E-state index contributed by atoms with van der Waals surface area (Å²) in [5.74, 6) is 0.551. The number of fused-ring (bicyclic) bond motifs is 1. The monoisotopic (exact) mass is 546 g/mol. The third kappa shape index (κ3) is 5.19. The zero-order valence-electron chi connectivity index (χ0n) is 21.8. The SMILES string of the molecule is CCCc1c(/C=N/O)c(C)c2c(=O)[nH]c(-c3cc(S(=O)(=O)N4CCN(CCO)CC4)ccc3OCC)nn12. The van der Waals surface area contributed by atoms with Crippen LogP contribution in [0.25, 0.3) is 16.9 Å². The van der Waals surface area contributed by atoms with E-state index in [1.807, 2.05) is 18.7 Å². The summed E-state index contributed by atoms with van der Waals surface area (Å²) in [6.45, 7) is 8.12. The van der Waals surface area contributed by atoms with Crippen LogP contribution in [0.3, 0.4) is 0 Å². The van der Waals surface area contributed by atoms with Gasteiger partial charge in [0.05, 0.1) is 35.6 Å². The minimum absolute atomic E-state index is 0.0275. The maximum Gasteiger partial charge on any atom is 0.275 e. The van der Waals surface area contributed by atoms with Crippen LogP contribution in [0, 0.1) is 6.92 Å². The van der Waals surface area contributed by atoms with Crippen LogP contribution in [0.15, 0.2) is 33.0 Å². The Kier molecular flexibility index (Phi) is 8.51. The van der Waals surface area contributed by atoms with Crippen molar-refractivity contribution >= 4 is 21.8 Å². The molecule has 38 heavy (non-hydrogen) atoms. The van der Waals surface area contributed by atoms with Gasteiger partial charge in [0.25, 0.3) is 5.56 Å². The van der Waals surface area contributed by atoms with Crippen LogP contribution in [0.5, 0.6) is 5.75 Å². The van der Waals surface area contributed by atoms with Crippen molar-refractivity contribution in [1.82, 2.24) is 23.8 Å². The molecule has 1 aliphatic rings. The number of H-pyrrole nitrogens is 1. The highest BCUT2D eigenvalue weighted by molar-refractivity contribution is 7.89. The van der Waals surface area contributed by atoms with Gasteiger partial charge in [0.15, 0.2) is 5.82 Å². The van der Waals surface area contributed by atoms with E-state index in [0.29, 0.717) is 79.4 Å². The fourth-order valence-corrected chi connectivity index (χ4v) is 6.32. The summed E-state index contributed by atoms with van der Waals surface area (Å²) in [4.78, 5) is 18.1. The second-order valence-electron chi connectivity index (χ2n) is 9.10. The van der Waals surface area contributed by atoms with Gasteiger partial charge in [0.1, 0.15) is 11.3 Å². The van der Waals surface area contributed by atoms with Crippen molar-refractivity contribution in [2.45, 2.75) is 38.5 Å². The smallest absolute Gasteiger partial charge is 0.275 e. The molecule has 3 N–H and O–H groups in total. The molecular formula is C25H34N6O6S. The van der Waals surface area contributed by atoms with Gasteiger partial charge < -0.3 is 20.0 Å². The number of nitrogens with zero attached hydrogens (tertiary/aromatic N) is 5. The van der Waals surface area contributed by atoms with Crippen molar-refractivity contribution in [2.75, 3.05) is 45.9 Å². The molecule has 0 bridgehead atoms. The number of sulfonamides is 1. The van der Waals surface area contributed by atoms with E-state index in [9.17, 15) is 23.5 Å². The van der Waals surface area contributed by atoms with Gasteiger partial charge in [-0.15, -0.1) is 5.10 Å².